The Morgan fingerprint density at radius 2 is 1.73 bits per heavy atom. The van der Waals surface area contributed by atoms with E-state index < -0.39 is 27.5 Å². The topological polar surface area (TPSA) is 107 Å². The Hall–Kier alpha value is -1.22. The van der Waals surface area contributed by atoms with E-state index in [4.69, 9.17) is 5.11 Å². The van der Waals surface area contributed by atoms with Crippen molar-refractivity contribution in [3.05, 3.63) is 59.7 Å². The summed E-state index contributed by atoms with van der Waals surface area (Å²) in [5, 5.41) is 11.3. The third-order valence-electron chi connectivity index (χ3n) is 2.83. The second kappa shape index (κ2) is 7.87. The number of ketones is 1. The number of hydrogen-bond donors (Lipinski definition) is 2. The van der Waals surface area contributed by atoms with Gasteiger partial charge in [-0.1, -0.05) is 36.4 Å². The van der Waals surface area contributed by atoms with Crippen LogP contribution in [0.4, 0.5) is 5.69 Å². The fraction of sp³-hybridized carbons (Fsp3) is 0.0714. The van der Waals surface area contributed by atoms with E-state index in [-0.39, 0.29) is 40.8 Å². The van der Waals surface area contributed by atoms with Crippen molar-refractivity contribution in [2.45, 2.75) is 4.90 Å². The van der Waals surface area contributed by atoms with Gasteiger partial charge in [0.25, 0.3) is 0 Å². The largest absolute Gasteiger partial charge is 1.00 e. The van der Waals surface area contributed by atoms with Crippen molar-refractivity contribution < 1.29 is 52.4 Å². The second-order valence-electron chi connectivity index (χ2n) is 4.16. The molecule has 0 saturated carbocycles. The molecule has 8 heteroatoms. The van der Waals surface area contributed by atoms with E-state index >= 15 is 0 Å². The molecule has 22 heavy (non-hydrogen) atoms. The van der Waals surface area contributed by atoms with Crippen molar-refractivity contribution in [1.82, 2.24) is 0 Å². The number of nitrogens with one attached hydrogen (secondary N) is 1. The van der Waals surface area contributed by atoms with E-state index in [0.717, 1.165) is 6.07 Å². The third kappa shape index (κ3) is 4.16. The van der Waals surface area contributed by atoms with Crippen LogP contribution in [0.2, 0.25) is 0 Å². The Morgan fingerprint density at radius 3 is 2.27 bits per heavy atom. The number of anilines is 1. The van der Waals surface area contributed by atoms with Gasteiger partial charge < -0.3 is 15.0 Å². The van der Waals surface area contributed by atoms with E-state index in [0.29, 0.717) is 5.56 Å². The van der Waals surface area contributed by atoms with E-state index in [1.807, 2.05) is 0 Å². The molecule has 6 nitrogen and oxygen atoms in total. The minimum atomic E-state index is -4.77. The number of aliphatic hydroxyl groups is 1. The van der Waals surface area contributed by atoms with Crippen molar-refractivity contribution in [1.29, 1.82) is 0 Å². The van der Waals surface area contributed by atoms with E-state index in [9.17, 15) is 17.8 Å². The van der Waals surface area contributed by atoms with Crippen molar-refractivity contribution in [3.63, 3.8) is 0 Å². The number of benzene rings is 2. The molecule has 0 aliphatic carbocycles. The summed E-state index contributed by atoms with van der Waals surface area (Å²) in [4.78, 5) is 11.8. The Morgan fingerprint density at radius 1 is 1.09 bits per heavy atom. The van der Waals surface area contributed by atoms with Crippen LogP contribution in [0.5, 0.6) is 0 Å². The number of para-hydroxylation sites is 1. The fourth-order valence-electron chi connectivity index (χ4n) is 1.94. The minimum Gasteiger partial charge on any atom is -0.744 e. The first-order valence-corrected chi connectivity index (χ1v) is 7.39. The number of rotatable bonds is 5. The molecule has 110 valence electrons. The van der Waals surface area contributed by atoms with Gasteiger partial charge >= 0.3 is 29.6 Å². The predicted molar refractivity (Wildman–Crippen MR) is 75.0 cm³/mol. The smallest absolute Gasteiger partial charge is 0.744 e. The average Bonchev–Trinajstić information content (AvgIpc) is 2.47. The van der Waals surface area contributed by atoms with Gasteiger partial charge in [-0.25, -0.2) is 8.42 Å². The van der Waals surface area contributed by atoms with Crippen LogP contribution in [-0.2, 0) is 10.1 Å². The number of hydrogen-bond acceptors (Lipinski definition) is 6. The molecule has 0 aliphatic rings. The minimum absolute atomic E-state index is 0. The van der Waals surface area contributed by atoms with Crippen LogP contribution in [0.3, 0.4) is 0 Å². The summed E-state index contributed by atoms with van der Waals surface area (Å²) >= 11 is 0. The monoisotopic (exact) mass is 329 g/mol. The number of aliphatic hydroxyl groups excluding tert-OH is 1. The molecule has 0 atom stereocenters. The van der Waals surface area contributed by atoms with Gasteiger partial charge in [0.2, 0.25) is 0 Å². The molecule has 0 heterocycles. The third-order valence-corrected chi connectivity index (χ3v) is 3.71. The van der Waals surface area contributed by atoms with Gasteiger partial charge in [0.05, 0.1) is 10.6 Å². The maximum atomic E-state index is 12.4. The van der Waals surface area contributed by atoms with Gasteiger partial charge in [-0.15, -0.1) is 0 Å². The molecule has 0 spiro atoms. The zero-order chi connectivity index (χ0) is 15.5. The van der Waals surface area contributed by atoms with E-state index in [1.165, 1.54) is 12.1 Å². The first kappa shape index (κ1) is 18.8. The quantitative estimate of drug-likeness (QED) is 0.290. The molecule has 0 amide bonds. The molecule has 2 aromatic carbocycles. The summed E-state index contributed by atoms with van der Waals surface area (Å²) in [5.74, 6) is -0.447. The summed E-state index contributed by atoms with van der Waals surface area (Å²) in [5.41, 5.74) is 0.162. The standard InChI is InChI=1S/C14H13NO5S.Na/c16-9-15-13-11(7-4-8-12(13)21(18,19)20)14(17)10-5-2-1-3-6-10;/h1-8,15-16H,9H2,(H,18,19,20);/q;+1/p-1. The summed E-state index contributed by atoms with van der Waals surface area (Å²) < 4.78 is 33.8. The van der Waals surface area contributed by atoms with E-state index in [1.54, 1.807) is 30.3 Å². The number of carbonyl (C=O) groups is 1. The summed E-state index contributed by atoms with van der Waals surface area (Å²) in [6.45, 7) is -0.610. The van der Waals surface area contributed by atoms with Gasteiger partial charge in [0, 0.05) is 11.1 Å². The van der Waals surface area contributed by atoms with Crippen LogP contribution in [0.25, 0.3) is 0 Å². The maximum absolute atomic E-state index is 12.4. The summed E-state index contributed by atoms with van der Waals surface area (Å²) in [6.07, 6.45) is 0. The molecular weight excluding hydrogens is 317 g/mol. The molecule has 0 aliphatic heterocycles. The van der Waals surface area contributed by atoms with Crippen LogP contribution < -0.4 is 34.9 Å². The molecule has 2 rings (SSSR count). The second-order valence-corrected chi connectivity index (χ2v) is 5.51. The summed E-state index contributed by atoms with van der Waals surface area (Å²) in [6, 6.07) is 12.0. The molecule has 0 fully saturated rings. The zero-order valence-electron chi connectivity index (χ0n) is 11.8. The number of carbonyl (C=O) groups excluding carboxylic acids is 1. The predicted octanol–water partition coefficient (Wildman–Crippen LogP) is -1.81. The Kier molecular flexibility index (Phi) is 6.73. The van der Waals surface area contributed by atoms with Crippen LogP contribution in [-0.4, -0.2) is 30.6 Å². The Bertz CT molecular complexity index is 762. The molecule has 0 unspecified atom stereocenters. The van der Waals surface area contributed by atoms with Crippen molar-refractivity contribution >= 4 is 21.6 Å². The molecule has 0 radical (unpaired) electrons. The Labute approximate surface area is 150 Å². The normalized spacial score (nSPS) is 10.6. The van der Waals surface area contributed by atoms with Crippen molar-refractivity contribution in [2.75, 3.05) is 12.0 Å². The van der Waals surface area contributed by atoms with Gasteiger partial charge in [0.15, 0.2) is 5.78 Å². The Balaban J connectivity index is 0.00000242. The van der Waals surface area contributed by atoms with Gasteiger partial charge in [-0.3, -0.25) is 4.79 Å². The molecule has 2 aromatic rings. The average molecular weight is 329 g/mol. The van der Waals surface area contributed by atoms with Crippen molar-refractivity contribution in [3.8, 4) is 0 Å². The first-order valence-electron chi connectivity index (χ1n) is 5.98. The van der Waals surface area contributed by atoms with E-state index in [2.05, 4.69) is 5.32 Å². The molecule has 0 aromatic heterocycles. The van der Waals surface area contributed by atoms with Gasteiger partial charge in [-0.05, 0) is 12.1 Å². The van der Waals surface area contributed by atoms with Gasteiger partial charge in [-0.2, -0.15) is 0 Å². The molecule has 0 bridgehead atoms. The fourth-order valence-corrected chi connectivity index (χ4v) is 2.61. The van der Waals surface area contributed by atoms with Crippen LogP contribution in [0.15, 0.2) is 53.4 Å². The molecular formula is C14H12NNaO5S. The van der Waals surface area contributed by atoms with Gasteiger partial charge in [0.1, 0.15) is 16.8 Å². The molecule has 2 N–H and O–H groups in total. The summed E-state index contributed by atoms with van der Waals surface area (Å²) in [7, 11) is -4.77. The van der Waals surface area contributed by atoms with Crippen LogP contribution in [0, 0.1) is 0 Å². The maximum Gasteiger partial charge on any atom is 1.00 e. The molecule has 0 saturated heterocycles. The van der Waals surface area contributed by atoms with Crippen molar-refractivity contribution in [2.24, 2.45) is 0 Å². The van der Waals surface area contributed by atoms with Crippen LogP contribution in [0.1, 0.15) is 15.9 Å². The van der Waals surface area contributed by atoms with Crippen LogP contribution >= 0.6 is 0 Å². The SMILES string of the molecule is O=C(c1ccccc1)c1cccc(S(=O)(=O)[O-])c1NCO.[Na+]. The zero-order valence-corrected chi connectivity index (χ0v) is 14.6. The first-order chi connectivity index (χ1) is 9.95.